The standard InChI is InChI=1S/C8H9NO2/c1-2-6-9-7(10)4-3-5-8(9)11/h3-5H2,1H3. The minimum Gasteiger partial charge on any atom is -0.273 e. The number of likely N-dealkylation sites (tertiary alicyclic amines) is 1. The largest absolute Gasteiger partial charge is 0.273 e. The van der Waals surface area contributed by atoms with Gasteiger partial charge in [-0.15, -0.1) is 0 Å². The second kappa shape index (κ2) is 3.20. The van der Waals surface area contributed by atoms with Gasteiger partial charge in [-0.05, 0) is 13.3 Å². The smallest absolute Gasteiger partial charge is 0.241 e. The van der Waals surface area contributed by atoms with Crippen molar-refractivity contribution in [3.8, 4) is 12.0 Å². The highest BCUT2D eigenvalue weighted by atomic mass is 16.2. The van der Waals surface area contributed by atoms with E-state index in [1.54, 1.807) is 6.92 Å². The fourth-order valence-corrected chi connectivity index (χ4v) is 0.990. The highest BCUT2D eigenvalue weighted by Crippen LogP contribution is 2.10. The topological polar surface area (TPSA) is 37.4 Å². The molecular weight excluding hydrogens is 142 g/mol. The number of rotatable bonds is 0. The Hall–Kier alpha value is -1.30. The molecule has 0 aliphatic carbocycles. The molecule has 0 N–H and O–H groups in total. The van der Waals surface area contributed by atoms with Crippen molar-refractivity contribution in [1.29, 1.82) is 0 Å². The molecule has 0 aromatic carbocycles. The molecule has 3 nitrogen and oxygen atoms in total. The predicted molar refractivity (Wildman–Crippen MR) is 39.2 cm³/mol. The molecule has 58 valence electrons. The van der Waals surface area contributed by atoms with Crippen molar-refractivity contribution in [2.24, 2.45) is 0 Å². The second-order valence-electron chi connectivity index (χ2n) is 2.34. The van der Waals surface area contributed by atoms with E-state index in [4.69, 9.17) is 0 Å². The van der Waals surface area contributed by atoms with Crippen LogP contribution in [0, 0.1) is 12.0 Å². The van der Waals surface area contributed by atoms with Crippen molar-refractivity contribution in [2.45, 2.75) is 26.2 Å². The summed E-state index contributed by atoms with van der Waals surface area (Å²) in [6, 6.07) is 2.47. The van der Waals surface area contributed by atoms with Crippen molar-refractivity contribution in [3.63, 3.8) is 0 Å². The summed E-state index contributed by atoms with van der Waals surface area (Å²) in [5.41, 5.74) is 0. The quantitative estimate of drug-likeness (QED) is 0.373. The molecular formula is C8H9NO2. The summed E-state index contributed by atoms with van der Waals surface area (Å²) in [6.07, 6.45) is 1.56. The van der Waals surface area contributed by atoms with Gasteiger partial charge in [-0.1, -0.05) is 5.92 Å². The van der Waals surface area contributed by atoms with Gasteiger partial charge in [0.15, 0.2) is 0 Å². The van der Waals surface area contributed by atoms with Crippen LogP contribution in [-0.4, -0.2) is 16.7 Å². The van der Waals surface area contributed by atoms with Crippen molar-refractivity contribution in [2.75, 3.05) is 0 Å². The fourth-order valence-electron chi connectivity index (χ4n) is 0.990. The monoisotopic (exact) mass is 151 g/mol. The summed E-state index contributed by atoms with van der Waals surface area (Å²) in [4.78, 5) is 23.0. The molecule has 11 heavy (non-hydrogen) atoms. The zero-order valence-corrected chi connectivity index (χ0v) is 6.39. The van der Waals surface area contributed by atoms with Crippen LogP contribution in [0.25, 0.3) is 0 Å². The molecule has 1 aliphatic heterocycles. The van der Waals surface area contributed by atoms with E-state index in [2.05, 4.69) is 12.0 Å². The highest BCUT2D eigenvalue weighted by molar-refractivity contribution is 5.99. The molecule has 0 spiro atoms. The molecule has 0 aromatic rings. The van der Waals surface area contributed by atoms with Crippen molar-refractivity contribution >= 4 is 11.8 Å². The number of nitrogens with zero attached hydrogens (tertiary/aromatic N) is 1. The van der Waals surface area contributed by atoms with Gasteiger partial charge in [0.25, 0.3) is 0 Å². The number of hydrogen-bond acceptors (Lipinski definition) is 2. The highest BCUT2D eigenvalue weighted by Gasteiger charge is 2.23. The van der Waals surface area contributed by atoms with Crippen molar-refractivity contribution < 1.29 is 9.59 Å². The lowest BCUT2D eigenvalue weighted by atomic mass is 10.1. The third-order valence-electron chi connectivity index (χ3n) is 1.50. The zero-order chi connectivity index (χ0) is 8.27. The van der Waals surface area contributed by atoms with Gasteiger partial charge in [0, 0.05) is 18.9 Å². The van der Waals surface area contributed by atoms with Crippen molar-refractivity contribution in [1.82, 2.24) is 4.90 Å². The lowest BCUT2D eigenvalue weighted by Crippen LogP contribution is -2.36. The van der Waals surface area contributed by atoms with Crippen LogP contribution in [0.15, 0.2) is 0 Å². The predicted octanol–water partition coefficient (Wildman–Crippen LogP) is 0.506. The average molecular weight is 151 g/mol. The van der Waals surface area contributed by atoms with E-state index in [1.807, 2.05) is 0 Å². The molecule has 0 bridgehead atoms. The van der Waals surface area contributed by atoms with E-state index in [0.29, 0.717) is 19.3 Å². The van der Waals surface area contributed by atoms with Crippen LogP contribution in [0.3, 0.4) is 0 Å². The molecule has 0 atom stereocenters. The number of carbonyl (C=O) groups is 2. The Morgan fingerprint density at radius 3 is 2.27 bits per heavy atom. The van der Waals surface area contributed by atoms with Crippen LogP contribution >= 0.6 is 0 Å². The lowest BCUT2D eigenvalue weighted by molar-refractivity contribution is -0.143. The Bertz CT molecular complexity index is 231. The fraction of sp³-hybridized carbons (Fsp3) is 0.500. The number of carbonyl (C=O) groups excluding carboxylic acids is 2. The third-order valence-corrected chi connectivity index (χ3v) is 1.50. The molecule has 0 unspecified atom stereocenters. The Balaban J connectivity index is 2.76. The van der Waals surface area contributed by atoms with Gasteiger partial charge >= 0.3 is 0 Å². The van der Waals surface area contributed by atoms with Gasteiger partial charge in [-0.3, -0.25) is 9.59 Å². The summed E-state index contributed by atoms with van der Waals surface area (Å²) in [5, 5.41) is 0. The van der Waals surface area contributed by atoms with Gasteiger partial charge < -0.3 is 0 Å². The summed E-state index contributed by atoms with van der Waals surface area (Å²) < 4.78 is 0. The second-order valence-corrected chi connectivity index (χ2v) is 2.34. The van der Waals surface area contributed by atoms with Crippen LogP contribution in [0.4, 0.5) is 0 Å². The Kier molecular flexibility index (Phi) is 2.27. The number of amides is 2. The molecule has 1 saturated heterocycles. The van der Waals surface area contributed by atoms with E-state index in [1.165, 1.54) is 0 Å². The zero-order valence-electron chi connectivity index (χ0n) is 6.39. The average Bonchev–Trinajstić information content (AvgIpc) is 1.97. The normalized spacial score (nSPS) is 17.7. The summed E-state index contributed by atoms with van der Waals surface area (Å²) in [6.45, 7) is 1.61. The van der Waals surface area contributed by atoms with Crippen LogP contribution in [0.5, 0.6) is 0 Å². The summed E-state index contributed by atoms with van der Waals surface area (Å²) in [7, 11) is 0. The van der Waals surface area contributed by atoms with Crippen molar-refractivity contribution in [3.05, 3.63) is 0 Å². The number of piperidine rings is 1. The molecule has 0 saturated carbocycles. The molecule has 1 aliphatic rings. The minimum absolute atomic E-state index is 0.171. The first kappa shape index (κ1) is 7.80. The summed E-state index contributed by atoms with van der Waals surface area (Å²) in [5.74, 6) is 2.19. The van der Waals surface area contributed by atoms with E-state index in [-0.39, 0.29) is 11.8 Å². The van der Waals surface area contributed by atoms with E-state index in [9.17, 15) is 9.59 Å². The van der Waals surface area contributed by atoms with E-state index >= 15 is 0 Å². The van der Waals surface area contributed by atoms with Gasteiger partial charge in [-0.25, -0.2) is 4.90 Å². The molecule has 1 fully saturated rings. The Labute approximate surface area is 65.4 Å². The molecule has 1 rings (SSSR count). The lowest BCUT2D eigenvalue weighted by Gasteiger charge is -2.17. The van der Waals surface area contributed by atoms with Crippen LogP contribution < -0.4 is 0 Å². The van der Waals surface area contributed by atoms with Crippen LogP contribution in [0.1, 0.15) is 26.2 Å². The van der Waals surface area contributed by atoms with Crippen LogP contribution in [-0.2, 0) is 9.59 Å². The molecule has 0 aromatic heterocycles. The molecule has 0 radical (unpaired) electrons. The van der Waals surface area contributed by atoms with Crippen LogP contribution in [0.2, 0.25) is 0 Å². The van der Waals surface area contributed by atoms with Gasteiger partial charge in [0.1, 0.15) is 0 Å². The van der Waals surface area contributed by atoms with Gasteiger partial charge in [0.05, 0.1) is 0 Å². The number of imide groups is 1. The third kappa shape index (κ3) is 1.58. The SMILES string of the molecule is CC#CN1C(=O)CCCC1=O. The molecule has 2 amide bonds. The Morgan fingerprint density at radius 2 is 1.82 bits per heavy atom. The van der Waals surface area contributed by atoms with E-state index < -0.39 is 0 Å². The van der Waals surface area contributed by atoms with E-state index in [0.717, 1.165) is 4.90 Å². The maximum Gasteiger partial charge on any atom is 0.241 e. The van der Waals surface area contributed by atoms with Gasteiger partial charge in [0.2, 0.25) is 11.8 Å². The maximum atomic E-state index is 11.0. The molecule has 1 heterocycles. The minimum atomic E-state index is -0.171. The Morgan fingerprint density at radius 1 is 1.27 bits per heavy atom. The first-order chi connectivity index (χ1) is 5.25. The first-order valence-corrected chi connectivity index (χ1v) is 3.54. The number of hydrogen-bond donors (Lipinski definition) is 0. The molecule has 3 heteroatoms. The maximum absolute atomic E-state index is 11.0. The first-order valence-electron chi connectivity index (χ1n) is 3.54. The van der Waals surface area contributed by atoms with Gasteiger partial charge in [-0.2, -0.15) is 0 Å². The summed E-state index contributed by atoms with van der Waals surface area (Å²) >= 11 is 0.